The van der Waals surface area contributed by atoms with Crippen LogP contribution in [0.1, 0.15) is 26.2 Å². The Morgan fingerprint density at radius 1 is 1.12 bits per heavy atom. The molecule has 3 heteroatoms. The second-order valence-corrected chi connectivity index (χ2v) is 6.04. The van der Waals surface area contributed by atoms with Crippen LogP contribution in [0.25, 0.3) is 0 Å². The average Bonchev–Trinajstić information content (AvgIpc) is 2.89. The standard InChI is InChI=1S/C13H22N2O/c1-9-8-15(4-3-14(9)2)13(16)12-6-10-5-11(10)7-12/h9-12H,3-8H2,1-2H3. The smallest absolute Gasteiger partial charge is 0.225 e. The molecule has 0 aromatic rings. The van der Waals surface area contributed by atoms with Gasteiger partial charge in [0.05, 0.1) is 0 Å². The van der Waals surface area contributed by atoms with E-state index in [1.54, 1.807) is 0 Å². The molecule has 3 unspecified atom stereocenters. The summed E-state index contributed by atoms with van der Waals surface area (Å²) >= 11 is 0. The van der Waals surface area contributed by atoms with Gasteiger partial charge in [-0.2, -0.15) is 0 Å². The lowest BCUT2D eigenvalue weighted by Gasteiger charge is -2.38. The predicted octanol–water partition coefficient (Wildman–Crippen LogP) is 1.19. The quantitative estimate of drug-likeness (QED) is 0.665. The molecule has 1 saturated heterocycles. The number of hydrogen-bond acceptors (Lipinski definition) is 2. The van der Waals surface area contributed by atoms with Crippen LogP contribution in [0.3, 0.4) is 0 Å². The van der Waals surface area contributed by atoms with Crippen LogP contribution in [-0.2, 0) is 4.79 Å². The summed E-state index contributed by atoms with van der Waals surface area (Å²) in [6.45, 7) is 5.12. The zero-order valence-electron chi connectivity index (χ0n) is 10.4. The van der Waals surface area contributed by atoms with Crippen LogP contribution in [0.4, 0.5) is 0 Å². The fraction of sp³-hybridized carbons (Fsp3) is 0.923. The fourth-order valence-electron chi connectivity index (χ4n) is 3.42. The van der Waals surface area contributed by atoms with Gasteiger partial charge in [-0.25, -0.2) is 0 Å². The third-order valence-electron chi connectivity index (χ3n) is 4.86. The third kappa shape index (κ3) is 1.75. The van der Waals surface area contributed by atoms with E-state index >= 15 is 0 Å². The van der Waals surface area contributed by atoms with Crippen molar-refractivity contribution in [2.75, 3.05) is 26.7 Å². The Hall–Kier alpha value is -0.570. The highest BCUT2D eigenvalue weighted by molar-refractivity contribution is 5.79. The second-order valence-electron chi connectivity index (χ2n) is 6.04. The predicted molar refractivity (Wildman–Crippen MR) is 63.0 cm³/mol. The monoisotopic (exact) mass is 222 g/mol. The highest BCUT2D eigenvalue weighted by Crippen LogP contribution is 2.54. The Morgan fingerprint density at radius 2 is 1.81 bits per heavy atom. The van der Waals surface area contributed by atoms with Crippen LogP contribution >= 0.6 is 0 Å². The highest BCUT2D eigenvalue weighted by atomic mass is 16.2. The Bertz CT molecular complexity index is 294. The summed E-state index contributed by atoms with van der Waals surface area (Å²) in [6, 6.07) is 0.522. The van der Waals surface area contributed by atoms with E-state index in [-0.39, 0.29) is 0 Å². The van der Waals surface area contributed by atoms with Crippen molar-refractivity contribution in [2.45, 2.75) is 32.2 Å². The lowest BCUT2D eigenvalue weighted by atomic mass is 10.0. The molecule has 90 valence electrons. The van der Waals surface area contributed by atoms with Gasteiger partial charge >= 0.3 is 0 Å². The van der Waals surface area contributed by atoms with Crippen molar-refractivity contribution in [1.82, 2.24) is 9.80 Å². The maximum absolute atomic E-state index is 12.3. The summed E-state index contributed by atoms with van der Waals surface area (Å²) in [7, 11) is 2.15. The van der Waals surface area contributed by atoms with Gasteiger partial charge in [-0.15, -0.1) is 0 Å². The van der Waals surface area contributed by atoms with E-state index in [0.29, 0.717) is 17.9 Å². The maximum Gasteiger partial charge on any atom is 0.225 e. The summed E-state index contributed by atoms with van der Waals surface area (Å²) in [5.74, 6) is 2.66. The van der Waals surface area contributed by atoms with Crippen molar-refractivity contribution < 1.29 is 4.79 Å². The summed E-state index contributed by atoms with van der Waals surface area (Å²) in [5, 5.41) is 0. The Labute approximate surface area is 97.8 Å². The minimum atomic E-state index is 0.374. The van der Waals surface area contributed by atoms with Crippen molar-refractivity contribution in [1.29, 1.82) is 0 Å². The van der Waals surface area contributed by atoms with Crippen LogP contribution in [0, 0.1) is 17.8 Å². The van der Waals surface area contributed by atoms with Gasteiger partial charge < -0.3 is 9.80 Å². The zero-order valence-corrected chi connectivity index (χ0v) is 10.4. The second kappa shape index (κ2) is 3.73. The van der Waals surface area contributed by atoms with E-state index in [0.717, 1.165) is 31.5 Å². The summed E-state index contributed by atoms with van der Waals surface area (Å²) in [5.41, 5.74) is 0. The minimum Gasteiger partial charge on any atom is -0.340 e. The van der Waals surface area contributed by atoms with Crippen LogP contribution in [0.2, 0.25) is 0 Å². The van der Waals surface area contributed by atoms with Crippen molar-refractivity contribution in [2.24, 2.45) is 17.8 Å². The molecule has 1 heterocycles. The maximum atomic E-state index is 12.3. The lowest BCUT2D eigenvalue weighted by Crippen LogP contribution is -2.53. The van der Waals surface area contributed by atoms with E-state index in [1.807, 2.05) is 0 Å². The van der Waals surface area contributed by atoms with Gasteiger partial charge in [-0.05, 0) is 45.1 Å². The van der Waals surface area contributed by atoms with Crippen molar-refractivity contribution in [3.63, 3.8) is 0 Å². The van der Waals surface area contributed by atoms with E-state index in [4.69, 9.17) is 0 Å². The molecule has 1 amide bonds. The highest BCUT2D eigenvalue weighted by Gasteiger charge is 2.49. The van der Waals surface area contributed by atoms with Gasteiger partial charge in [0.25, 0.3) is 0 Å². The Balaban J connectivity index is 1.58. The number of carbonyl (C=O) groups excluding carboxylic acids is 1. The fourth-order valence-corrected chi connectivity index (χ4v) is 3.42. The first kappa shape index (κ1) is 10.6. The molecular weight excluding hydrogens is 200 g/mol. The molecule has 3 aliphatic rings. The molecule has 3 fully saturated rings. The molecule has 3 rings (SSSR count). The van der Waals surface area contributed by atoms with Gasteiger partial charge in [0.15, 0.2) is 0 Å². The molecule has 0 spiro atoms. The average molecular weight is 222 g/mol. The summed E-state index contributed by atoms with van der Waals surface area (Å²) in [4.78, 5) is 16.8. The number of fused-ring (bicyclic) bond motifs is 1. The van der Waals surface area contributed by atoms with E-state index < -0.39 is 0 Å². The van der Waals surface area contributed by atoms with E-state index in [9.17, 15) is 4.79 Å². The van der Waals surface area contributed by atoms with Crippen LogP contribution in [0.15, 0.2) is 0 Å². The van der Waals surface area contributed by atoms with Gasteiger partial charge in [-0.3, -0.25) is 4.79 Å². The number of amides is 1. The molecule has 1 aliphatic heterocycles. The molecule has 2 aliphatic carbocycles. The summed E-state index contributed by atoms with van der Waals surface area (Å²) < 4.78 is 0. The topological polar surface area (TPSA) is 23.6 Å². The van der Waals surface area contributed by atoms with E-state index in [2.05, 4.69) is 23.8 Å². The van der Waals surface area contributed by atoms with Gasteiger partial charge in [0.1, 0.15) is 0 Å². The molecule has 0 bridgehead atoms. The number of likely N-dealkylation sites (N-methyl/N-ethyl adjacent to an activating group) is 1. The van der Waals surface area contributed by atoms with Crippen molar-refractivity contribution >= 4 is 5.91 Å². The Morgan fingerprint density at radius 3 is 2.44 bits per heavy atom. The van der Waals surface area contributed by atoms with Crippen molar-refractivity contribution in [3.8, 4) is 0 Å². The Kier molecular flexibility index (Phi) is 2.46. The first-order valence-corrected chi connectivity index (χ1v) is 6.64. The molecule has 16 heavy (non-hydrogen) atoms. The van der Waals surface area contributed by atoms with Crippen LogP contribution in [-0.4, -0.2) is 48.4 Å². The van der Waals surface area contributed by atoms with E-state index in [1.165, 1.54) is 19.3 Å². The number of piperazine rings is 1. The molecular formula is C13H22N2O. The van der Waals surface area contributed by atoms with Crippen LogP contribution in [0.5, 0.6) is 0 Å². The number of carbonyl (C=O) groups is 1. The van der Waals surface area contributed by atoms with Gasteiger partial charge in [-0.1, -0.05) is 0 Å². The molecule has 0 N–H and O–H groups in total. The molecule has 0 radical (unpaired) electrons. The molecule has 0 aromatic heterocycles. The van der Waals surface area contributed by atoms with Gasteiger partial charge in [0.2, 0.25) is 5.91 Å². The molecule has 2 saturated carbocycles. The molecule has 0 aromatic carbocycles. The first-order chi connectivity index (χ1) is 7.65. The summed E-state index contributed by atoms with van der Waals surface area (Å²) in [6.07, 6.45) is 3.78. The number of rotatable bonds is 1. The normalized spacial score (nSPS) is 43.2. The molecule has 3 atom stereocenters. The SMILES string of the molecule is CC1CN(C(=O)C2CC3CC3C2)CCN1C. The zero-order chi connectivity index (χ0) is 11.3. The number of hydrogen-bond donors (Lipinski definition) is 0. The van der Waals surface area contributed by atoms with Crippen LogP contribution < -0.4 is 0 Å². The molecule has 3 nitrogen and oxygen atoms in total. The lowest BCUT2D eigenvalue weighted by molar-refractivity contribution is -0.138. The number of nitrogens with zero attached hydrogens (tertiary/aromatic N) is 2. The first-order valence-electron chi connectivity index (χ1n) is 6.64. The van der Waals surface area contributed by atoms with Crippen molar-refractivity contribution in [3.05, 3.63) is 0 Å². The largest absolute Gasteiger partial charge is 0.340 e. The minimum absolute atomic E-state index is 0.374. The third-order valence-corrected chi connectivity index (χ3v) is 4.86. The van der Waals surface area contributed by atoms with Gasteiger partial charge in [0, 0.05) is 31.6 Å².